The fourth-order valence-electron chi connectivity index (χ4n) is 1.81. The van der Waals surface area contributed by atoms with Gasteiger partial charge in [-0.25, -0.2) is 4.79 Å². The molecule has 1 rings (SSSR count). The number of carbonyl (C=O) groups is 2. The molecule has 0 aliphatic carbocycles. The summed E-state index contributed by atoms with van der Waals surface area (Å²) in [7, 11) is 0. The summed E-state index contributed by atoms with van der Waals surface area (Å²) in [4.78, 5) is 23.5. The molecule has 0 fully saturated rings. The second-order valence-corrected chi connectivity index (χ2v) is 6.40. The Bertz CT molecular complexity index is 533. The fourth-order valence-corrected chi connectivity index (χ4v) is 1.81. The first-order valence-electron chi connectivity index (χ1n) is 7.80. The van der Waals surface area contributed by atoms with Crippen molar-refractivity contribution in [3.05, 3.63) is 35.9 Å². The quantitative estimate of drug-likeness (QED) is 0.561. The predicted molar refractivity (Wildman–Crippen MR) is 89.1 cm³/mol. The Hall–Kier alpha value is -2.12. The van der Waals surface area contributed by atoms with Crippen molar-refractivity contribution >= 4 is 12.0 Å². The highest BCUT2D eigenvalue weighted by atomic mass is 16.5. The molecule has 0 bridgehead atoms. The fraction of sp³-hybridized carbons (Fsp3) is 0.529. The first-order chi connectivity index (χ1) is 11.3. The first kappa shape index (κ1) is 19.9. The van der Waals surface area contributed by atoms with Crippen LogP contribution in [0.15, 0.2) is 30.3 Å². The largest absolute Gasteiger partial charge is 0.445 e. The zero-order chi connectivity index (χ0) is 18.2. The van der Waals surface area contributed by atoms with Gasteiger partial charge >= 0.3 is 6.09 Å². The standard InChI is InChI=1S/C17H26N2O5/c1-12(9-18-15(22)14(21)17(2,3)11-20)19-16(23)24-10-13-7-5-4-6-8-13/h4-8,12,14,20-21H,9-11H2,1-3H3,(H,18,22)(H,19,23)/t12-,14?/m0/s1. The van der Waals surface area contributed by atoms with Gasteiger partial charge in [0.1, 0.15) is 12.7 Å². The smallest absolute Gasteiger partial charge is 0.407 e. The Kier molecular flexibility index (Phi) is 7.67. The Balaban J connectivity index is 2.31. The normalized spacial score (nSPS) is 13.7. The van der Waals surface area contributed by atoms with Crippen LogP contribution in [0.2, 0.25) is 0 Å². The molecule has 2 atom stereocenters. The monoisotopic (exact) mass is 338 g/mol. The Morgan fingerprint density at radius 3 is 2.46 bits per heavy atom. The third-order valence-corrected chi connectivity index (χ3v) is 3.56. The number of ether oxygens (including phenoxy) is 1. The Morgan fingerprint density at radius 2 is 1.88 bits per heavy atom. The molecule has 7 heteroatoms. The van der Waals surface area contributed by atoms with E-state index in [-0.39, 0.29) is 25.8 Å². The summed E-state index contributed by atoms with van der Waals surface area (Å²) in [6.45, 7) is 4.85. The molecular formula is C17H26N2O5. The number of alkyl carbamates (subject to hydrolysis) is 1. The van der Waals surface area contributed by atoms with E-state index < -0.39 is 23.5 Å². The molecule has 0 spiro atoms. The molecule has 24 heavy (non-hydrogen) atoms. The van der Waals surface area contributed by atoms with Crippen molar-refractivity contribution in [2.75, 3.05) is 13.2 Å². The predicted octanol–water partition coefficient (Wildman–Crippen LogP) is 0.797. The molecule has 7 nitrogen and oxygen atoms in total. The van der Waals surface area contributed by atoms with Crippen LogP contribution in [0, 0.1) is 5.41 Å². The molecule has 134 valence electrons. The molecule has 1 unspecified atom stereocenters. The second-order valence-electron chi connectivity index (χ2n) is 6.40. The molecule has 0 aliphatic rings. The summed E-state index contributed by atoms with van der Waals surface area (Å²) in [5, 5.41) is 24.1. The molecular weight excluding hydrogens is 312 g/mol. The summed E-state index contributed by atoms with van der Waals surface area (Å²) >= 11 is 0. The number of aliphatic hydroxyl groups is 2. The number of carbonyl (C=O) groups excluding carboxylic acids is 2. The van der Waals surface area contributed by atoms with Gasteiger partial charge in [-0.15, -0.1) is 0 Å². The van der Waals surface area contributed by atoms with Gasteiger partial charge in [-0.1, -0.05) is 44.2 Å². The second kappa shape index (κ2) is 9.24. The molecule has 0 heterocycles. The summed E-state index contributed by atoms with van der Waals surface area (Å²) < 4.78 is 5.08. The van der Waals surface area contributed by atoms with Crippen LogP contribution < -0.4 is 10.6 Å². The van der Waals surface area contributed by atoms with Crippen LogP contribution >= 0.6 is 0 Å². The van der Waals surface area contributed by atoms with Crippen molar-refractivity contribution in [2.45, 2.75) is 39.5 Å². The minimum Gasteiger partial charge on any atom is -0.445 e. The lowest BCUT2D eigenvalue weighted by Crippen LogP contribution is -2.49. The van der Waals surface area contributed by atoms with Gasteiger partial charge in [-0.3, -0.25) is 4.79 Å². The van der Waals surface area contributed by atoms with E-state index in [0.29, 0.717) is 0 Å². The van der Waals surface area contributed by atoms with Crippen LogP contribution in [0.25, 0.3) is 0 Å². The van der Waals surface area contributed by atoms with Gasteiger partial charge in [-0.05, 0) is 12.5 Å². The van der Waals surface area contributed by atoms with Crippen molar-refractivity contribution in [2.24, 2.45) is 5.41 Å². The van der Waals surface area contributed by atoms with E-state index >= 15 is 0 Å². The lowest BCUT2D eigenvalue weighted by Gasteiger charge is -2.27. The van der Waals surface area contributed by atoms with Crippen LogP contribution in [-0.2, 0) is 16.1 Å². The third kappa shape index (κ3) is 6.55. The van der Waals surface area contributed by atoms with Crippen LogP contribution in [0.5, 0.6) is 0 Å². The van der Waals surface area contributed by atoms with Crippen LogP contribution in [-0.4, -0.2) is 47.5 Å². The van der Waals surface area contributed by atoms with Gasteiger partial charge in [0.25, 0.3) is 0 Å². The number of nitrogens with one attached hydrogen (secondary N) is 2. The molecule has 0 radical (unpaired) electrons. The van der Waals surface area contributed by atoms with Crippen molar-refractivity contribution in [3.63, 3.8) is 0 Å². The molecule has 4 N–H and O–H groups in total. The zero-order valence-electron chi connectivity index (χ0n) is 14.3. The van der Waals surface area contributed by atoms with E-state index in [9.17, 15) is 14.7 Å². The molecule has 2 amide bonds. The average molecular weight is 338 g/mol. The van der Waals surface area contributed by atoms with E-state index in [1.807, 2.05) is 30.3 Å². The summed E-state index contributed by atoms with van der Waals surface area (Å²) in [6.07, 6.45) is -1.92. The lowest BCUT2D eigenvalue weighted by molar-refractivity contribution is -0.137. The Morgan fingerprint density at radius 1 is 1.25 bits per heavy atom. The maximum atomic E-state index is 11.8. The van der Waals surface area contributed by atoms with Gasteiger partial charge < -0.3 is 25.6 Å². The van der Waals surface area contributed by atoms with Crippen LogP contribution in [0.4, 0.5) is 4.79 Å². The summed E-state index contributed by atoms with van der Waals surface area (Å²) in [6, 6.07) is 8.91. The zero-order valence-corrected chi connectivity index (χ0v) is 14.3. The maximum Gasteiger partial charge on any atom is 0.407 e. The van der Waals surface area contributed by atoms with Crippen molar-refractivity contribution in [3.8, 4) is 0 Å². The highest BCUT2D eigenvalue weighted by molar-refractivity contribution is 5.81. The van der Waals surface area contributed by atoms with Crippen molar-refractivity contribution in [1.29, 1.82) is 0 Å². The molecule has 1 aromatic rings. The van der Waals surface area contributed by atoms with Crippen molar-refractivity contribution in [1.82, 2.24) is 10.6 Å². The van der Waals surface area contributed by atoms with E-state index in [1.54, 1.807) is 20.8 Å². The van der Waals surface area contributed by atoms with Crippen LogP contribution in [0.3, 0.4) is 0 Å². The number of hydrogen-bond donors (Lipinski definition) is 4. The summed E-state index contributed by atoms with van der Waals surface area (Å²) in [5.74, 6) is -0.597. The highest BCUT2D eigenvalue weighted by Gasteiger charge is 2.32. The maximum absolute atomic E-state index is 11.8. The SMILES string of the molecule is C[C@@H](CNC(=O)C(O)C(C)(C)CO)NC(=O)OCc1ccccc1. The van der Waals surface area contributed by atoms with E-state index in [1.165, 1.54) is 0 Å². The number of aliphatic hydroxyl groups excluding tert-OH is 2. The number of rotatable bonds is 8. The Labute approximate surface area is 142 Å². The van der Waals surface area contributed by atoms with E-state index in [4.69, 9.17) is 9.84 Å². The lowest BCUT2D eigenvalue weighted by atomic mass is 9.87. The van der Waals surface area contributed by atoms with Crippen LogP contribution in [0.1, 0.15) is 26.3 Å². The third-order valence-electron chi connectivity index (χ3n) is 3.56. The van der Waals surface area contributed by atoms with E-state index in [2.05, 4.69) is 10.6 Å². The van der Waals surface area contributed by atoms with E-state index in [0.717, 1.165) is 5.56 Å². The van der Waals surface area contributed by atoms with Crippen molar-refractivity contribution < 1.29 is 24.5 Å². The minimum atomic E-state index is -1.33. The minimum absolute atomic E-state index is 0.137. The van der Waals surface area contributed by atoms with Gasteiger partial charge in [0.2, 0.25) is 5.91 Å². The number of amides is 2. The van der Waals surface area contributed by atoms with Gasteiger partial charge in [0, 0.05) is 18.0 Å². The van der Waals surface area contributed by atoms with Gasteiger partial charge in [0.15, 0.2) is 0 Å². The first-order valence-corrected chi connectivity index (χ1v) is 7.80. The highest BCUT2D eigenvalue weighted by Crippen LogP contribution is 2.19. The molecule has 0 saturated carbocycles. The van der Waals surface area contributed by atoms with Gasteiger partial charge in [0.05, 0.1) is 6.61 Å². The van der Waals surface area contributed by atoms with Gasteiger partial charge in [-0.2, -0.15) is 0 Å². The molecule has 0 aromatic heterocycles. The molecule has 1 aromatic carbocycles. The number of benzene rings is 1. The molecule has 0 aliphatic heterocycles. The topological polar surface area (TPSA) is 108 Å². The average Bonchev–Trinajstić information content (AvgIpc) is 2.58. The summed E-state index contributed by atoms with van der Waals surface area (Å²) in [5.41, 5.74) is -0.0574. The number of hydrogen-bond acceptors (Lipinski definition) is 5. The molecule has 0 saturated heterocycles.